The Morgan fingerprint density at radius 2 is 2.00 bits per heavy atom. The topological polar surface area (TPSA) is 74.6 Å². The van der Waals surface area contributed by atoms with Crippen LogP contribution in [0, 0.1) is 0 Å². The summed E-state index contributed by atoms with van der Waals surface area (Å²) in [5, 5.41) is 10.1. The van der Waals surface area contributed by atoms with E-state index in [2.05, 4.69) is 45.4 Å². The van der Waals surface area contributed by atoms with Gasteiger partial charge in [0.2, 0.25) is 0 Å². The molecule has 0 unspecified atom stereocenters. The van der Waals surface area contributed by atoms with Crippen LogP contribution in [0.2, 0.25) is 0 Å². The van der Waals surface area contributed by atoms with E-state index in [-0.39, 0.29) is 0 Å². The smallest absolute Gasteiger partial charge is 0.191 e. The number of guanidine groups is 1. The number of ether oxygens (including phenoxy) is 1. The van der Waals surface area contributed by atoms with E-state index in [4.69, 9.17) is 14.1 Å². The lowest BCUT2D eigenvalue weighted by molar-refractivity contribution is 0.419. The lowest BCUT2D eigenvalue weighted by atomic mass is 10.1. The SMILES string of the molecule is COc1cccc2[nH]cc(CCNC(=NCc3cccs3)NCCc3ccco3)c12. The number of aromatic amines is 1. The van der Waals surface area contributed by atoms with Gasteiger partial charge in [0.25, 0.3) is 0 Å². The monoisotopic (exact) mass is 422 g/mol. The van der Waals surface area contributed by atoms with Gasteiger partial charge in [-0.15, -0.1) is 11.3 Å². The van der Waals surface area contributed by atoms with Crippen LogP contribution in [0.15, 0.2) is 69.7 Å². The number of nitrogens with zero attached hydrogens (tertiary/aromatic N) is 1. The van der Waals surface area contributed by atoms with Gasteiger partial charge < -0.3 is 24.8 Å². The normalized spacial score (nSPS) is 11.7. The van der Waals surface area contributed by atoms with Gasteiger partial charge in [0.05, 0.1) is 19.9 Å². The number of aliphatic imine (C=N–C) groups is 1. The van der Waals surface area contributed by atoms with Crippen molar-refractivity contribution in [3.8, 4) is 5.75 Å². The summed E-state index contributed by atoms with van der Waals surface area (Å²) < 4.78 is 11.0. The van der Waals surface area contributed by atoms with Crippen LogP contribution in [0.5, 0.6) is 5.75 Å². The Morgan fingerprint density at radius 1 is 1.10 bits per heavy atom. The second-order valence-electron chi connectivity index (χ2n) is 6.87. The zero-order valence-corrected chi connectivity index (χ0v) is 17.8. The largest absolute Gasteiger partial charge is 0.496 e. The minimum absolute atomic E-state index is 0.661. The Morgan fingerprint density at radius 3 is 2.77 bits per heavy atom. The number of rotatable bonds is 9. The highest BCUT2D eigenvalue weighted by molar-refractivity contribution is 7.09. The van der Waals surface area contributed by atoms with Crippen LogP contribution >= 0.6 is 11.3 Å². The second-order valence-corrected chi connectivity index (χ2v) is 7.91. The van der Waals surface area contributed by atoms with Crippen molar-refractivity contribution >= 4 is 28.2 Å². The molecule has 0 amide bonds. The summed E-state index contributed by atoms with van der Waals surface area (Å²) in [4.78, 5) is 9.31. The second kappa shape index (κ2) is 10.0. The molecule has 3 N–H and O–H groups in total. The van der Waals surface area contributed by atoms with E-state index in [0.717, 1.165) is 54.3 Å². The van der Waals surface area contributed by atoms with Crippen molar-refractivity contribution in [3.05, 3.63) is 76.5 Å². The molecule has 0 aliphatic heterocycles. The van der Waals surface area contributed by atoms with Crippen LogP contribution in [0.3, 0.4) is 0 Å². The molecule has 4 aromatic rings. The third kappa shape index (κ3) is 5.04. The van der Waals surface area contributed by atoms with Crippen LogP contribution in [-0.4, -0.2) is 31.1 Å². The first kappa shape index (κ1) is 20.1. The number of benzene rings is 1. The Labute approximate surface area is 180 Å². The number of aromatic nitrogens is 1. The number of H-pyrrole nitrogens is 1. The molecule has 3 aromatic heterocycles. The van der Waals surface area contributed by atoms with Crippen molar-refractivity contribution in [3.63, 3.8) is 0 Å². The molecule has 0 radical (unpaired) electrons. The molecule has 0 atom stereocenters. The van der Waals surface area contributed by atoms with Crippen molar-refractivity contribution in [2.24, 2.45) is 4.99 Å². The summed E-state index contributed by atoms with van der Waals surface area (Å²) in [5.74, 6) is 2.67. The van der Waals surface area contributed by atoms with Gasteiger partial charge in [-0.1, -0.05) is 12.1 Å². The van der Waals surface area contributed by atoms with Crippen molar-refractivity contribution in [1.82, 2.24) is 15.6 Å². The molecule has 7 heteroatoms. The average Bonchev–Trinajstić information content (AvgIpc) is 3.53. The highest BCUT2D eigenvalue weighted by Crippen LogP contribution is 2.28. The van der Waals surface area contributed by atoms with Crippen molar-refractivity contribution in [1.29, 1.82) is 0 Å². The van der Waals surface area contributed by atoms with Crippen LogP contribution in [-0.2, 0) is 19.4 Å². The molecule has 6 nitrogen and oxygen atoms in total. The minimum Gasteiger partial charge on any atom is -0.496 e. The molecule has 0 saturated heterocycles. The Kier molecular flexibility index (Phi) is 6.72. The fourth-order valence-electron chi connectivity index (χ4n) is 3.40. The maximum atomic E-state index is 5.54. The first-order valence-electron chi connectivity index (χ1n) is 10.0. The minimum atomic E-state index is 0.661. The standard InChI is InChI=1S/C23H26N4O2S/c1-28-21-8-2-7-20-22(21)17(15-26-20)9-11-24-23(27-16-19-6-4-14-30-19)25-12-10-18-5-3-13-29-18/h2-8,13-15,26H,9-12,16H2,1H3,(H2,24,25,27). The Hall–Kier alpha value is -3.19. The average molecular weight is 423 g/mol. The zero-order chi connectivity index (χ0) is 20.6. The number of hydrogen-bond acceptors (Lipinski definition) is 4. The molecule has 3 heterocycles. The zero-order valence-electron chi connectivity index (χ0n) is 17.0. The van der Waals surface area contributed by atoms with Crippen LogP contribution in [0.1, 0.15) is 16.2 Å². The molecule has 30 heavy (non-hydrogen) atoms. The van der Waals surface area contributed by atoms with Gasteiger partial charge >= 0.3 is 0 Å². The summed E-state index contributed by atoms with van der Waals surface area (Å²) >= 11 is 1.72. The van der Waals surface area contributed by atoms with Gasteiger partial charge in [-0.05, 0) is 47.7 Å². The summed E-state index contributed by atoms with van der Waals surface area (Å²) in [6, 6.07) is 14.1. The van der Waals surface area contributed by atoms with Crippen molar-refractivity contribution in [2.75, 3.05) is 20.2 Å². The van der Waals surface area contributed by atoms with Crippen LogP contribution in [0.4, 0.5) is 0 Å². The predicted octanol–water partition coefficient (Wildman–Crippen LogP) is 4.35. The van der Waals surface area contributed by atoms with Crippen LogP contribution in [0.25, 0.3) is 10.9 Å². The molecule has 0 spiro atoms. The molecule has 0 bridgehead atoms. The van der Waals surface area contributed by atoms with E-state index in [9.17, 15) is 0 Å². The van der Waals surface area contributed by atoms with E-state index >= 15 is 0 Å². The fourth-order valence-corrected chi connectivity index (χ4v) is 4.02. The van der Waals surface area contributed by atoms with Gasteiger partial charge in [0.15, 0.2) is 5.96 Å². The number of fused-ring (bicyclic) bond motifs is 1. The van der Waals surface area contributed by atoms with E-state index in [0.29, 0.717) is 6.54 Å². The fraction of sp³-hybridized carbons (Fsp3) is 0.261. The highest BCUT2D eigenvalue weighted by atomic mass is 32.1. The molecule has 156 valence electrons. The predicted molar refractivity (Wildman–Crippen MR) is 122 cm³/mol. The summed E-state index contributed by atoms with van der Waals surface area (Å²) in [5.41, 5.74) is 2.32. The third-order valence-corrected chi connectivity index (χ3v) is 5.73. The third-order valence-electron chi connectivity index (χ3n) is 4.87. The molecule has 4 rings (SSSR count). The number of furan rings is 1. The maximum Gasteiger partial charge on any atom is 0.191 e. The number of hydrogen-bond donors (Lipinski definition) is 3. The first-order chi connectivity index (χ1) is 14.8. The number of nitrogens with one attached hydrogen (secondary N) is 3. The lowest BCUT2D eigenvalue weighted by Crippen LogP contribution is -2.39. The summed E-state index contributed by atoms with van der Waals surface area (Å²) in [6.45, 7) is 2.18. The van der Waals surface area contributed by atoms with Crippen molar-refractivity contribution in [2.45, 2.75) is 19.4 Å². The highest BCUT2D eigenvalue weighted by Gasteiger charge is 2.09. The molecular formula is C23H26N4O2S. The van der Waals surface area contributed by atoms with Gasteiger partial charge in [0, 0.05) is 41.5 Å². The Bertz CT molecular complexity index is 1070. The van der Waals surface area contributed by atoms with E-state index in [1.54, 1.807) is 24.7 Å². The lowest BCUT2D eigenvalue weighted by Gasteiger charge is -2.12. The van der Waals surface area contributed by atoms with E-state index in [1.807, 2.05) is 24.3 Å². The molecule has 1 aromatic carbocycles. The first-order valence-corrected chi connectivity index (χ1v) is 10.9. The quantitative estimate of drug-likeness (QED) is 0.277. The molecular weight excluding hydrogens is 396 g/mol. The number of thiophene rings is 1. The van der Waals surface area contributed by atoms with E-state index < -0.39 is 0 Å². The summed E-state index contributed by atoms with van der Waals surface area (Å²) in [6.07, 6.45) is 5.43. The Balaban J connectivity index is 1.38. The molecule has 0 aliphatic rings. The molecule has 0 saturated carbocycles. The summed E-state index contributed by atoms with van der Waals surface area (Å²) in [7, 11) is 1.71. The van der Waals surface area contributed by atoms with Crippen LogP contribution < -0.4 is 15.4 Å². The van der Waals surface area contributed by atoms with Gasteiger partial charge in [-0.3, -0.25) is 0 Å². The van der Waals surface area contributed by atoms with Gasteiger partial charge in [0.1, 0.15) is 11.5 Å². The maximum absolute atomic E-state index is 5.54. The number of methoxy groups -OCH3 is 1. The van der Waals surface area contributed by atoms with Gasteiger partial charge in [-0.25, -0.2) is 4.99 Å². The molecule has 0 fully saturated rings. The van der Waals surface area contributed by atoms with Crippen molar-refractivity contribution < 1.29 is 9.15 Å². The molecule has 0 aliphatic carbocycles. The van der Waals surface area contributed by atoms with E-state index in [1.165, 1.54) is 10.4 Å². The van der Waals surface area contributed by atoms with Gasteiger partial charge in [-0.2, -0.15) is 0 Å².